The number of benzene rings is 1. The molecule has 4 aliphatic heterocycles. The molecule has 1 atom stereocenters. The second-order valence-corrected chi connectivity index (χ2v) is 9.77. The fourth-order valence-electron chi connectivity index (χ4n) is 5.58. The van der Waals surface area contributed by atoms with Gasteiger partial charge < -0.3 is 15.1 Å². The topological polar surface area (TPSA) is 105 Å². The minimum Gasteiger partial charge on any atom is -0.368 e. The summed E-state index contributed by atoms with van der Waals surface area (Å²) in [6, 6.07) is 4.40. The van der Waals surface area contributed by atoms with Crippen molar-refractivity contribution in [3.8, 4) is 0 Å². The van der Waals surface area contributed by atoms with Gasteiger partial charge in [-0.15, -0.1) is 0 Å². The summed E-state index contributed by atoms with van der Waals surface area (Å²) < 4.78 is 0. The predicted molar refractivity (Wildman–Crippen MR) is 130 cm³/mol. The SMILES string of the molecule is O=C1CCC(N2C(=O)c3cccc(N4CCN(CCCCN5CCNCC5)CC4)c3C2=O)C(=O)N1. The van der Waals surface area contributed by atoms with Gasteiger partial charge in [-0.3, -0.25) is 34.3 Å². The van der Waals surface area contributed by atoms with Crippen LogP contribution in [0.2, 0.25) is 0 Å². The second kappa shape index (κ2) is 10.4. The Bertz CT molecular complexity index is 1000. The van der Waals surface area contributed by atoms with Gasteiger partial charge in [-0.1, -0.05) is 6.07 Å². The predicted octanol–water partition coefficient (Wildman–Crippen LogP) is -0.105. The molecule has 10 nitrogen and oxygen atoms in total. The smallest absolute Gasteiger partial charge is 0.264 e. The number of nitrogens with zero attached hydrogens (tertiary/aromatic N) is 4. The maximum atomic E-state index is 13.4. The quantitative estimate of drug-likeness (QED) is 0.410. The first-order chi connectivity index (χ1) is 17.0. The van der Waals surface area contributed by atoms with Crippen LogP contribution in [0.25, 0.3) is 0 Å². The van der Waals surface area contributed by atoms with Crippen molar-refractivity contribution in [2.45, 2.75) is 31.7 Å². The first-order valence-electron chi connectivity index (χ1n) is 12.8. The Balaban J connectivity index is 1.18. The van der Waals surface area contributed by atoms with E-state index in [1.165, 1.54) is 12.8 Å². The molecule has 0 radical (unpaired) electrons. The molecule has 35 heavy (non-hydrogen) atoms. The summed E-state index contributed by atoms with van der Waals surface area (Å²) >= 11 is 0. The van der Waals surface area contributed by atoms with Crippen LogP contribution in [0.4, 0.5) is 5.69 Å². The van der Waals surface area contributed by atoms with Gasteiger partial charge in [0.15, 0.2) is 0 Å². The van der Waals surface area contributed by atoms with Gasteiger partial charge in [0.1, 0.15) is 6.04 Å². The van der Waals surface area contributed by atoms with Crippen LogP contribution in [0, 0.1) is 0 Å². The lowest BCUT2D eigenvalue weighted by Crippen LogP contribution is -2.54. The average molecular weight is 483 g/mol. The summed E-state index contributed by atoms with van der Waals surface area (Å²) in [5.74, 6) is -1.84. The van der Waals surface area contributed by atoms with Crippen LogP contribution in [0.15, 0.2) is 18.2 Å². The molecule has 3 fully saturated rings. The summed E-state index contributed by atoms with van der Waals surface area (Å²) in [6.07, 6.45) is 2.67. The monoisotopic (exact) mass is 482 g/mol. The largest absolute Gasteiger partial charge is 0.368 e. The third-order valence-electron chi connectivity index (χ3n) is 7.57. The van der Waals surface area contributed by atoms with Crippen molar-refractivity contribution < 1.29 is 19.2 Å². The number of fused-ring (bicyclic) bond motifs is 1. The highest BCUT2D eigenvalue weighted by Gasteiger charge is 2.46. The highest BCUT2D eigenvalue weighted by molar-refractivity contribution is 6.25. The van der Waals surface area contributed by atoms with Crippen molar-refractivity contribution in [3.05, 3.63) is 29.3 Å². The molecule has 0 spiro atoms. The Morgan fingerprint density at radius 1 is 0.829 bits per heavy atom. The standard InChI is InChI=1S/C25H34N6O4/c32-21-7-6-20(23(33)27-21)31-24(34)18-4-3-5-19(22(18)25(31)35)30-16-14-29(15-17-30)11-2-1-10-28-12-8-26-9-13-28/h3-5,20,26H,1-2,6-17H2,(H,27,32,33). The van der Waals surface area contributed by atoms with E-state index in [0.717, 1.165) is 76.0 Å². The minimum absolute atomic E-state index is 0.119. The Labute approximate surface area is 205 Å². The van der Waals surface area contributed by atoms with Crippen molar-refractivity contribution in [3.63, 3.8) is 0 Å². The molecular formula is C25H34N6O4. The number of imide groups is 2. The Morgan fingerprint density at radius 3 is 2.20 bits per heavy atom. The molecule has 4 amide bonds. The zero-order valence-corrected chi connectivity index (χ0v) is 20.1. The van der Waals surface area contributed by atoms with Gasteiger partial charge in [0, 0.05) is 58.8 Å². The summed E-state index contributed by atoms with van der Waals surface area (Å²) in [5, 5.41) is 5.64. The van der Waals surface area contributed by atoms with Crippen LogP contribution in [0.5, 0.6) is 0 Å². The van der Waals surface area contributed by atoms with Crippen molar-refractivity contribution in [1.29, 1.82) is 0 Å². The molecule has 1 aromatic carbocycles. The number of hydrogen-bond donors (Lipinski definition) is 2. The van der Waals surface area contributed by atoms with Crippen molar-refractivity contribution in [2.75, 3.05) is 70.3 Å². The van der Waals surface area contributed by atoms with E-state index in [0.29, 0.717) is 11.1 Å². The number of nitrogens with one attached hydrogen (secondary N) is 2. The third-order valence-corrected chi connectivity index (χ3v) is 7.57. The number of hydrogen-bond acceptors (Lipinski definition) is 8. The van der Waals surface area contributed by atoms with E-state index in [9.17, 15) is 19.2 Å². The van der Waals surface area contributed by atoms with Gasteiger partial charge in [0.05, 0.1) is 16.8 Å². The lowest BCUT2D eigenvalue weighted by Gasteiger charge is -2.37. The van der Waals surface area contributed by atoms with E-state index >= 15 is 0 Å². The van der Waals surface area contributed by atoms with Gasteiger partial charge in [0.25, 0.3) is 11.8 Å². The first-order valence-corrected chi connectivity index (χ1v) is 12.8. The Morgan fingerprint density at radius 2 is 1.51 bits per heavy atom. The summed E-state index contributed by atoms with van der Waals surface area (Å²) in [6.45, 7) is 10.1. The molecule has 1 aromatic rings. The van der Waals surface area contributed by atoms with Crippen molar-refractivity contribution >= 4 is 29.3 Å². The molecule has 188 valence electrons. The van der Waals surface area contributed by atoms with Crippen molar-refractivity contribution in [1.82, 2.24) is 25.3 Å². The minimum atomic E-state index is -0.939. The molecule has 0 aliphatic carbocycles. The lowest BCUT2D eigenvalue weighted by molar-refractivity contribution is -0.136. The van der Waals surface area contributed by atoms with Gasteiger partial charge in [-0.05, 0) is 44.5 Å². The fraction of sp³-hybridized carbons (Fsp3) is 0.600. The lowest BCUT2D eigenvalue weighted by atomic mass is 10.0. The molecule has 4 heterocycles. The van der Waals surface area contributed by atoms with Gasteiger partial charge in [0.2, 0.25) is 11.8 Å². The van der Waals surface area contributed by atoms with E-state index in [2.05, 4.69) is 25.3 Å². The molecular weight excluding hydrogens is 448 g/mol. The van der Waals surface area contributed by atoms with Crippen LogP contribution in [0.3, 0.4) is 0 Å². The van der Waals surface area contributed by atoms with Gasteiger partial charge in [-0.25, -0.2) is 0 Å². The zero-order chi connectivity index (χ0) is 24.4. The van der Waals surface area contributed by atoms with E-state index < -0.39 is 23.8 Å². The molecule has 2 N–H and O–H groups in total. The number of anilines is 1. The van der Waals surface area contributed by atoms with Crippen molar-refractivity contribution in [2.24, 2.45) is 0 Å². The molecule has 3 saturated heterocycles. The number of carbonyl (C=O) groups is 4. The molecule has 5 rings (SSSR count). The second-order valence-electron chi connectivity index (χ2n) is 9.77. The van der Waals surface area contributed by atoms with E-state index in [4.69, 9.17) is 0 Å². The van der Waals surface area contributed by atoms with Crippen LogP contribution in [-0.4, -0.2) is 110 Å². The number of piperidine rings is 1. The first kappa shape index (κ1) is 23.9. The summed E-state index contributed by atoms with van der Waals surface area (Å²) in [5.41, 5.74) is 1.48. The zero-order valence-electron chi connectivity index (χ0n) is 20.1. The van der Waals surface area contributed by atoms with Crippen LogP contribution < -0.4 is 15.5 Å². The number of rotatable bonds is 7. The normalized spacial score (nSPS) is 24.2. The van der Waals surface area contributed by atoms with Gasteiger partial charge >= 0.3 is 0 Å². The number of unbranched alkanes of at least 4 members (excludes halogenated alkanes) is 1. The number of piperazine rings is 2. The number of amides is 4. The van der Waals surface area contributed by atoms with E-state index in [-0.39, 0.29) is 18.7 Å². The molecule has 0 saturated carbocycles. The highest BCUT2D eigenvalue weighted by Crippen LogP contribution is 2.34. The molecule has 0 aromatic heterocycles. The fourth-order valence-corrected chi connectivity index (χ4v) is 5.58. The molecule has 4 aliphatic rings. The maximum absolute atomic E-state index is 13.4. The van der Waals surface area contributed by atoms with E-state index in [1.807, 2.05) is 6.07 Å². The average Bonchev–Trinajstić information content (AvgIpc) is 3.13. The van der Waals surface area contributed by atoms with Crippen LogP contribution in [0.1, 0.15) is 46.4 Å². The van der Waals surface area contributed by atoms with Gasteiger partial charge in [-0.2, -0.15) is 0 Å². The van der Waals surface area contributed by atoms with Crippen LogP contribution in [-0.2, 0) is 9.59 Å². The maximum Gasteiger partial charge on any atom is 0.264 e. The summed E-state index contributed by atoms with van der Waals surface area (Å²) in [4.78, 5) is 58.6. The highest BCUT2D eigenvalue weighted by atomic mass is 16.2. The summed E-state index contributed by atoms with van der Waals surface area (Å²) in [7, 11) is 0. The molecule has 1 unspecified atom stereocenters. The molecule has 0 bridgehead atoms. The van der Waals surface area contributed by atoms with E-state index in [1.54, 1.807) is 12.1 Å². The van der Waals surface area contributed by atoms with Crippen LogP contribution >= 0.6 is 0 Å². The number of carbonyl (C=O) groups excluding carboxylic acids is 4. The third kappa shape index (κ3) is 4.96. The Hall–Kier alpha value is -2.82. The Kier molecular flexibility index (Phi) is 7.12. The molecule has 10 heteroatoms.